The first-order chi connectivity index (χ1) is 9.55. The summed E-state index contributed by atoms with van der Waals surface area (Å²) in [4.78, 5) is 0.200. The molecule has 0 atom stereocenters. The van der Waals surface area contributed by atoms with E-state index in [-0.39, 0.29) is 4.90 Å². The Labute approximate surface area is 118 Å². The zero-order chi connectivity index (χ0) is 14.6. The van der Waals surface area contributed by atoms with Crippen molar-refractivity contribution >= 4 is 10.0 Å². The molecule has 0 heterocycles. The van der Waals surface area contributed by atoms with E-state index in [0.29, 0.717) is 18.0 Å². The van der Waals surface area contributed by atoms with Gasteiger partial charge in [-0.1, -0.05) is 12.1 Å². The highest BCUT2D eigenvalue weighted by Crippen LogP contribution is 2.23. The van der Waals surface area contributed by atoms with E-state index in [0.717, 1.165) is 5.56 Å². The average Bonchev–Trinajstić information content (AvgIpc) is 2.48. The largest absolute Gasteiger partial charge is 0.457 e. The summed E-state index contributed by atoms with van der Waals surface area (Å²) in [7, 11) is -2.04. The standard InChI is InChI=1S/C14H16N2O3S/c1-16-20(17,18)14-8-6-13(7-9-14)19-12-4-2-11(10-15)3-5-12/h2-9,16H,10,15H2,1H3. The van der Waals surface area contributed by atoms with E-state index < -0.39 is 10.0 Å². The molecule has 0 aliphatic heterocycles. The van der Waals surface area contributed by atoms with E-state index >= 15 is 0 Å². The maximum atomic E-state index is 11.6. The Hall–Kier alpha value is -1.89. The number of benzene rings is 2. The molecular weight excluding hydrogens is 276 g/mol. The lowest BCUT2D eigenvalue weighted by Crippen LogP contribution is -2.18. The van der Waals surface area contributed by atoms with Crippen molar-refractivity contribution in [1.82, 2.24) is 4.72 Å². The predicted molar refractivity (Wildman–Crippen MR) is 77.1 cm³/mol. The van der Waals surface area contributed by atoms with Gasteiger partial charge < -0.3 is 10.5 Å². The third kappa shape index (κ3) is 3.36. The zero-order valence-electron chi connectivity index (χ0n) is 11.0. The van der Waals surface area contributed by atoms with Crippen LogP contribution < -0.4 is 15.2 Å². The van der Waals surface area contributed by atoms with Crippen molar-refractivity contribution in [2.75, 3.05) is 7.05 Å². The van der Waals surface area contributed by atoms with Gasteiger partial charge in [-0.3, -0.25) is 0 Å². The van der Waals surface area contributed by atoms with Crippen molar-refractivity contribution in [2.24, 2.45) is 5.73 Å². The number of hydrogen-bond acceptors (Lipinski definition) is 4. The molecule has 5 nitrogen and oxygen atoms in total. The Balaban J connectivity index is 2.14. The fourth-order valence-electron chi connectivity index (χ4n) is 1.63. The number of rotatable bonds is 5. The summed E-state index contributed by atoms with van der Waals surface area (Å²) in [6.45, 7) is 0.483. The van der Waals surface area contributed by atoms with Crippen molar-refractivity contribution in [2.45, 2.75) is 11.4 Å². The van der Waals surface area contributed by atoms with Crippen LogP contribution in [0, 0.1) is 0 Å². The van der Waals surface area contributed by atoms with E-state index in [4.69, 9.17) is 10.5 Å². The van der Waals surface area contributed by atoms with E-state index in [9.17, 15) is 8.42 Å². The number of nitrogens with two attached hydrogens (primary N) is 1. The first kappa shape index (κ1) is 14.5. The second kappa shape index (κ2) is 6.04. The molecule has 20 heavy (non-hydrogen) atoms. The molecule has 106 valence electrons. The van der Waals surface area contributed by atoms with Crippen LogP contribution >= 0.6 is 0 Å². The molecular formula is C14H16N2O3S. The maximum absolute atomic E-state index is 11.6. The molecule has 0 aromatic heterocycles. The average molecular weight is 292 g/mol. The summed E-state index contributed by atoms with van der Waals surface area (Å²) in [6, 6.07) is 13.6. The van der Waals surface area contributed by atoms with E-state index in [2.05, 4.69) is 4.72 Å². The summed E-state index contributed by atoms with van der Waals surface area (Å²) >= 11 is 0. The predicted octanol–water partition coefficient (Wildman–Crippen LogP) is 1.85. The van der Waals surface area contributed by atoms with E-state index in [1.165, 1.54) is 19.2 Å². The summed E-state index contributed by atoms with van der Waals surface area (Å²) < 4.78 is 31.0. The lowest BCUT2D eigenvalue weighted by Gasteiger charge is -2.07. The molecule has 2 aromatic rings. The molecule has 2 aromatic carbocycles. The number of ether oxygens (including phenoxy) is 1. The Morgan fingerprint density at radius 3 is 1.95 bits per heavy atom. The lowest BCUT2D eigenvalue weighted by molar-refractivity contribution is 0.482. The zero-order valence-corrected chi connectivity index (χ0v) is 11.9. The SMILES string of the molecule is CNS(=O)(=O)c1ccc(Oc2ccc(CN)cc2)cc1. The fourth-order valence-corrected chi connectivity index (χ4v) is 2.36. The first-order valence-corrected chi connectivity index (χ1v) is 7.54. The van der Waals surface area contributed by atoms with Crippen LogP contribution in [0.3, 0.4) is 0 Å². The van der Waals surface area contributed by atoms with Crippen molar-refractivity contribution in [3.8, 4) is 11.5 Å². The monoisotopic (exact) mass is 292 g/mol. The highest BCUT2D eigenvalue weighted by atomic mass is 32.2. The molecule has 0 saturated heterocycles. The third-order valence-corrected chi connectivity index (χ3v) is 4.23. The summed E-state index contributed by atoms with van der Waals surface area (Å²) in [5.74, 6) is 1.24. The van der Waals surface area contributed by atoms with Gasteiger partial charge in [-0.25, -0.2) is 13.1 Å². The van der Waals surface area contributed by atoms with Crippen LogP contribution in [-0.2, 0) is 16.6 Å². The summed E-state index contributed by atoms with van der Waals surface area (Å²) in [5, 5.41) is 0. The first-order valence-electron chi connectivity index (χ1n) is 6.05. The third-order valence-electron chi connectivity index (χ3n) is 2.80. The van der Waals surface area contributed by atoms with Crippen LogP contribution in [0.25, 0.3) is 0 Å². The molecule has 0 saturated carbocycles. The van der Waals surface area contributed by atoms with Crippen LogP contribution in [0.1, 0.15) is 5.56 Å². The van der Waals surface area contributed by atoms with Gasteiger partial charge in [-0.05, 0) is 49.0 Å². The van der Waals surface area contributed by atoms with Crippen molar-refractivity contribution in [3.05, 3.63) is 54.1 Å². The second-order valence-electron chi connectivity index (χ2n) is 4.13. The molecule has 3 N–H and O–H groups in total. The second-order valence-corrected chi connectivity index (χ2v) is 6.02. The van der Waals surface area contributed by atoms with Crippen LogP contribution in [0.15, 0.2) is 53.4 Å². The maximum Gasteiger partial charge on any atom is 0.240 e. The normalized spacial score (nSPS) is 11.3. The van der Waals surface area contributed by atoms with E-state index in [1.807, 2.05) is 24.3 Å². The Morgan fingerprint density at radius 2 is 1.50 bits per heavy atom. The van der Waals surface area contributed by atoms with Gasteiger partial charge >= 0.3 is 0 Å². The van der Waals surface area contributed by atoms with Gasteiger partial charge in [0.05, 0.1) is 4.90 Å². The summed E-state index contributed by atoms with van der Waals surface area (Å²) in [6.07, 6.45) is 0. The molecule has 0 spiro atoms. The lowest BCUT2D eigenvalue weighted by atomic mass is 10.2. The van der Waals surface area contributed by atoms with Crippen LogP contribution in [0.4, 0.5) is 0 Å². The molecule has 6 heteroatoms. The van der Waals surface area contributed by atoms with Gasteiger partial charge in [0, 0.05) is 6.54 Å². The number of sulfonamides is 1. The molecule has 0 radical (unpaired) electrons. The van der Waals surface area contributed by atoms with Gasteiger partial charge in [-0.15, -0.1) is 0 Å². The van der Waals surface area contributed by atoms with Crippen molar-refractivity contribution in [3.63, 3.8) is 0 Å². The molecule has 0 fully saturated rings. The van der Waals surface area contributed by atoms with Crippen molar-refractivity contribution in [1.29, 1.82) is 0 Å². The van der Waals surface area contributed by atoms with Crippen LogP contribution in [0.5, 0.6) is 11.5 Å². The van der Waals surface area contributed by atoms with Crippen LogP contribution in [-0.4, -0.2) is 15.5 Å². The Kier molecular flexibility index (Phi) is 4.39. The minimum absolute atomic E-state index is 0.200. The molecule has 0 aliphatic rings. The van der Waals surface area contributed by atoms with Crippen molar-refractivity contribution < 1.29 is 13.2 Å². The molecule has 0 aliphatic carbocycles. The summed E-state index contributed by atoms with van der Waals surface area (Å²) in [5.41, 5.74) is 6.54. The van der Waals surface area contributed by atoms with Gasteiger partial charge in [0.2, 0.25) is 10.0 Å². The quantitative estimate of drug-likeness (QED) is 0.881. The molecule has 0 amide bonds. The van der Waals surface area contributed by atoms with Gasteiger partial charge in [0.15, 0.2) is 0 Å². The highest BCUT2D eigenvalue weighted by molar-refractivity contribution is 7.89. The molecule has 2 rings (SSSR count). The number of hydrogen-bond donors (Lipinski definition) is 2. The van der Waals surface area contributed by atoms with Crippen LogP contribution in [0.2, 0.25) is 0 Å². The molecule has 0 unspecified atom stereocenters. The van der Waals surface area contributed by atoms with E-state index in [1.54, 1.807) is 12.1 Å². The Morgan fingerprint density at radius 1 is 1.00 bits per heavy atom. The molecule has 0 bridgehead atoms. The Bertz CT molecular complexity index is 665. The smallest absolute Gasteiger partial charge is 0.240 e. The minimum Gasteiger partial charge on any atom is -0.457 e. The minimum atomic E-state index is -3.42. The van der Waals surface area contributed by atoms with Gasteiger partial charge in [0.25, 0.3) is 0 Å². The topological polar surface area (TPSA) is 81.4 Å². The van der Waals surface area contributed by atoms with Gasteiger partial charge in [0.1, 0.15) is 11.5 Å². The van der Waals surface area contributed by atoms with Gasteiger partial charge in [-0.2, -0.15) is 0 Å². The highest BCUT2D eigenvalue weighted by Gasteiger charge is 2.10. The fraction of sp³-hybridized carbons (Fsp3) is 0.143. The number of nitrogens with one attached hydrogen (secondary N) is 1.